The highest BCUT2D eigenvalue weighted by atomic mass is 16.7. The minimum atomic E-state index is -0.529. The number of aromatic nitrogens is 4. The zero-order valence-corrected chi connectivity index (χ0v) is 22.0. The summed E-state index contributed by atoms with van der Waals surface area (Å²) >= 11 is 0. The second-order valence-corrected chi connectivity index (χ2v) is 10.0. The molecule has 2 aromatic heterocycles. The number of carbonyl (C=O) groups is 1. The average molecular weight is 509 g/mol. The van der Waals surface area contributed by atoms with Gasteiger partial charge in [0.1, 0.15) is 5.60 Å². The van der Waals surface area contributed by atoms with E-state index in [1.807, 2.05) is 62.8 Å². The van der Waals surface area contributed by atoms with Crippen molar-refractivity contribution in [1.29, 1.82) is 0 Å². The quantitative estimate of drug-likeness (QED) is 0.417. The molecule has 2 N–H and O–H groups in total. The Morgan fingerprint density at radius 2 is 2.11 bits per heavy atom. The van der Waals surface area contributed by atoms with E-state index in [-0.39, 0.29) is 6.29 Å². The van der Waals surface area contributed by atoms with Crippen LogP contribution in [0.15, 0.2) is 42.9 Å². The highest BCUT2D eigenvalue weighted by Gasteiger charge is 2.16. The summed E-state index contributed by atoms with van der Waals surface area (Å²) < 4.78 is 18.5. The minimum Gasteiger partial charge on any atom is -0.444 e. The Labute approximate surface area is 217 Å². The fourth-order valence-corrected chi connectivity index (χ4v) is 3.91. The van der Waals surface area contributed by atoms with Gasteiger partial charge in [-0.15, -0.1) is 0 Å². The molecule has 10 heteroatoms. The lowest BCUT2D eigenvalue weighted by atomic mass is 10.0. The maximum atomic E-state index is 12.0. The van der Waals surface area contributed by atoms with Crippen molar-refractivity contribution >= 4 is 17.7 Å². The lowest BCUT2D eigenvalue weighted by Gasteiger charge is -2.22. The fraction of sp³-hybridized carbons (Fsp3) is 0.481. The molecular formula is C27H36N6O4. The van der Waals surface area contributed by atoms with E-state index in [0.717, 1.165) is 53.9 Å². The molecule has 1 aliphatic rings. The first-order chi connectivity index (χ1) is 17.7. The van der Waals surface area contributed by atoms with Gasteiger partial charge in [0.15, 0.2) is 6.29 Å². The summed E-state index contributed by atoms with van der Waals surface area (Å²) in [5, 5.41) is 10.4. The van der Waals surface area contributed by atoms with Gasteiger partial charge in [0.2, 0.25) is 5.95 Å². The molecular weight excluding hydrogens is 472 g/mol. The number of alkyl carbamates (subject to hydrolysis) is 1. The van der Waals surface area contributed by atoms with E-state index in [4.69, 9.17) is 14.2 Å². The van der Waals surface area contributed by atoms with E-state index < -0.39 is 11.7 Å². The van der Waals surface area contributed by atoms with Crippen molar-refractivity contribution in [1.82, 2.24) is 25.1 Å². The highest BCUT2D eigenvalue weighted by molar-refractivity contribution is 5.68. The number of nitrogens with one attached hydrogen (secondary N) is 2. The van der Waals surface area contributed by atoms with Gasteiger partial charge in [0, 0.05) is 31.1 Å². The summed E-state index contributed by atoms with van der Waals surface area (Å²) in [5.74, 6) is 0.484. The maximum absolute atomic E-state index is 12.0. The summed E-state index contributed by atoms with van der Waals surface area (Å²) in [6.07, 6.45) is 8.03. The molecule has 3 aromatic rings. The second kappa shape index (κ2) is 12.2. The first-order valence-corrected chi connectivity index (χ1v) is 12.7. The standard InChI is InChI=1S/C27H36N6O4/c1-19-15-20(8-9-21(19)16-29-26(34)37-27(2,3)4)23-10-11-28-25(32-23)31-22-17-30-33(18-22)12-14-36-24-7-5-6-13-35-24/h8-11,15,17-18,24H,5-7,12-14,16H2,1-4H3,(H,29,34)(H,28,31,32). The number of nitrogens with zero attached hydrogens (tertiary/aromatic N) is 4. The molecule has 0 aliphatic carbocycles. The number of hydrogen-bond donors (Lipinski definition) is 2. The van der Waals surface area contributed by atoms with Crippen LogP contribution < -0.4 is 10.6 Å². The molecule has 3 heterocycles. The topological polar surface area (TPSA) is 112 Å². The number of hydrogen-bond acceptors (Lipinski definition) is 8. The van der Waals surface area contributed by atoms with E-state index >= 15 is 0 Å². The van der Waals surface area contributed by atoms with Crippen molar-refractivity contribution in [3.63, 3.8) is 0 Å². The first-order valence-electron chi connectivity index (χ1n) is 12.7. The molecule has 1 saturated heterocycles. The third-order valence-electron chi connectivity index (χ3n) is 5.77. The zero-order valence-electron chi connectivity index (χ0n) is 22.0. The smallest absolute Gasteiger partial charge is 0.407 e. The van der Waals surface area contributed by atoms with Crippen molar-refractivity contribution in [2.75, 3.05) is 18.5 Å². The zero-order chi connectivity index (χ0) is 26.3. The summed E-state index contributed by atoms with van der Waals surface area (Å²) in [7, 11) is 0. The van der Waals surface area contributed by atoms with E-state index in [2.05, 4.69) is 25.7 Å². The average Bonchev–Trinajstić information content (AvgIpc) is 3.30. The van der Waals surface area contributed by atoms with Crippen LogP contribution in [0.1, 0.15) is 51.2 Å². The fourth-order valence-electron chi connectivity index (χ4n) is 3.91. The van der Waals surface area contributed by atoms with Gasteiger partial charge in [-0.1, -0.05) is 12.1 Å². The summed E-state index contributed by atoms with van der Waals surface area (Å²) in [6, 6.07) is 7.89. The van der Waals surface area contributed by atoms with Gasteiger partial charge in [0.05, 0.1) is 30.7 Å². The summed E-state index contributed by atoms with van der Waals surface area (Å²) in [6.45, 7) is 9.87. The number of ether oxygens (including phenoxy) is 3. The van der Waals surface area contributed by atoms with Crippen molar-refractivity contribution in [2.24, 2.45) is 0 Å². The van der Waals surface area contributed by atoms with Crippen molar-refractivity contribution in [3.05, 3.63) is 54.0 Å². The summed E-state index contributed by atoms with van der Waals surface area (Å²) in [5.41, 5.74) is 4.07. The molecule has 1 aromatic carbocycles. The largest absolute Gasteiger partial charge is 0.444 e. The lowest BCUT2D eigenvalue weighted by Crippen LogP contribution is -2.32. The van der Waals surface area contributed by atoms with Crippen molar-refractivity contribution < 1.29 is 19.0 Å². The Morgan fingerprint density at radius 1 is 1.24 bits per heavy atom. The van der Waals surface area contributed by atoms with Gasteiger partial charge in [-0.2, -0.15) is 5.10 Å². The SMILES string of the molecule is Cc1cc(-c2ccnc(Nc3cnn(CCOC4CCCCO4)c3)n2)ccc1CNC(=O)OC(C)(C)C. The van der Waals surface area contributed by atoms with Crippen LogP contribution in [0.4, 0.5) is 16.4 Å². The van der Waals surface area contributed by atoms with Gasteiger partial charge in [-0.05, 0) is 70.2 Å². The molecule has 0 radical (unpaired) electrons. The third-order valence-corrected chi connectivity index (χ3v) is 5.77. The minimum absolute atomic E-state index is 0.100. The monoisotopic (exact) mass is 508 g/mol. The normalized spacial score (nSPS) is 15.8. The van der Waals surface area contributed by atoms with E-state index in [0.29, 0.717) is 25.6 Å². The predicted molar refractivity (Wildman–Crippen MR) is 140 cm³/mol. The molecule has 198 valence electrons. The van der Waals surface area contributed by atoms with Crippen LogP contribution in [0.2, 0.25) is 0 Å². The third kappa shape index (κ3) is 8.26. The van der Waals surface area contributed by atoms with Crippen LogP contribution in [0.3, 0.4) is 0 Å². The molecule has 1 atom stereocenters. The molecule has 1 unspecified atom stereocenters. The van der Waals surface area contributed by atoms with E-state index in [1.54, 1.807) is 12.4 Å². The van der Waals surface area contributed by atoms with Gasteiger partial charge in [0.25, 0.3) is 0 Å². The van der Waals surface area contributed by atoms with Crippen LogP contribution in [0.25, 0.3) is 11.3 Å². The Balaban J connectivity index is 1.32. The number of amides is 1. The molecule has 1 aliphatic heterocycles. The van der Waals surface area contributed by atoms with Crippen molar-refractivity contribution in [2.45, 2.75) is 71.9 Å². The van der Waals surface area contributed by atoms with Crippen LogP contribution in [-0.4, -0.2) is 50.9 Å². The highest BCUT2D eigenvalue weighted by Crippen LogP contribution is 2.22. The Kier molecular flexibility index (Phi) is 8.73. The molecule has 0 spiro atoms. The first kappa shape index (κ1) is 26.6. The number of rotatable bonds is 9. The Hall–Kier alpha value is -3.50. The molecule has 37 heavy (non-hydrogen) atoms. The van der Waals surface area contributed by atoms with Crippen LogP contribution in [0, 0.1) is 6.92 Å². The van der Waals surface area contributed by atoms with Gasteiger partial charge < -0.3 is 24.8 Å². The molecule has 1 fully saturated rings. The number of anilines is 2. The molecule has 1 amide bonds. The molecule has 0 bridgehead atoms. The summed E-state index contributed by atoms with van der Waals surface area (Å²) in [4.78, 5) is 21.0. The van der Waals surface area contributed by atoms with Gasteiger partial charge in [-0.25, -0.2) is 14.8 Å². The van der Waals surface area contributed by atoms with Gasteiger partial charge >= 0.3 is 6.09 Å². The Bertz CT molecular complexity index is 1180. The second-order valence-electron chi connectivity index (χ2n) is 10.0. The van der Waals surface area contributed by atoms with Crippen LogP contribution in [-0.2, 0) is 27.3 Å². The van der Waals surface area contributed by atoms with Crippen molar-refractivity contribution in [3.8, 4) is 11.3 Å². The molecule has 4 rings (SSSR count). The number of carbonyl (C=O) groups excluding carboxylic acids is 1. The van der Waals surface area contributed by atoms with Crippen LogP contribution >= 0.6 is 0 Å². The van der Waals surface area contributed by atoms with E-state index in [1.165, 1.54) is 0 Å². The molecule has 0 saturated carbocycles. The maximum Gasteiger partial charge on any atom is 0.407 e. The van der Waals surface area contributed by atoms with Gasteiger partial charge in [-0.3, -0.25) is 4.68 Å². The predicted octanol–water partition coefficient (Wildman–Crippen LogP) is 4.96. The van der Waals surface area contributed by atoms with Crippen LogP contribution in [0.5, 0.6) is 0 Å². The van der Waals surface area contributed by atoms with E-state index in [9.17, 15) is 4.79 Å². The molecule has 10 nitrogen and oxygen atoms in total. The Morgan fingerprint density at radius 3 is 2.86 bits per heavy atom. The lowest BCUT2D eigenvalue weighted by molar-refractivity contribution is -0.163. The number of benzene rings is 1. The number of aryl methyl sites for hydroxylation is 1.